The number of pyridine rings is 1. The molecule has 1 saturated heterocycles. The highest BCUT2D eigenvalue weighted by Gasteiger charge is 2.47. The highest BCUT2D eigenvalue weighted by Crippen LogP contribution is 2.46. The van der Waals surface area contributed by atoms with Crippen LogP contribution < -0.4 is 10.5 Å². The maximum Gasteiger partial charge on any atom is 0.573 e. The molecule has 8 nitrogen and oxygen atoms in total. The van der Waals surface area contributed by atoms with Gasteiger partial charge in [0.05, 0.1) is 11.7 Å². The number of aromatic nitrogens is 5. The molecular weight excluding hydrogens is 423 g/mol. The molecule has 1 spiro atoms. The molecule has 0 radical (unpaired) electrons. The quantitative estimate of drug-likeness (QED) is 0.620. The molecule has 3 N–H and O–H groups in total. The Balaban J connectivity index is 1.41. The molecule has 32 heavy (non-hydrogen) atoms. The molecule has 0 bridgehead atoms. The number of aromatic amines is 1. The van der Waals surface area contributed by atoms with Gasteiger partial charge in [-0.05, 0) is 37.9 Å². The number of hydrogen-bond acceptors (Lipinski definition) is 6. The first kappa shape index (κ1) is 20.8. The zero-order valence-electron chi connectivity index (χ0n) is 17.6. The molecule has 11 heteroatoms. The van der Waals surface area contributed by atoms with E-state index in [2.05, 4.69) is 36.6 Å². The smallest absolute Gasteiger partial charge is 0.402 e. The van der Waals surface area contributed by atoms with Crippen molar-refractivity contribution < 1.29 is 17.9 Å². The minimum atomic E-state index is -4.84. The van der Waals surface area contributed by atoms with Crippen LogP contribution in [0, 0.1) is 0 Å². The Hall–Kier alpha value is -3.08. The Morgan fingerprint density at radius 3 is 2.78 bits per heavy atom. The molecule has 3 aromatic heterocycles. The summed E-state index contributed by atoms with van der Waals surface area (Å²) in [6.07, 6.45) is 3.14. The molecule has 3 aromatic rings. The van der Waals surface area contributed by atoms with E-state index in [9.17, 15) is 13.2 Å². The summed E-state index contributed by atoms with van der Waals surface area (Å²) < 4.78 is 44.0. The number of fused-ring (bicyclic) bond motifs is 2. The number of likely N-dealkylation sites (tertiary alicyclic amines) is 1. The molecule has 2 atom stereocenters. The van der Waals surface area contributed by atoms with Crippen molar-refractivity contribution >= 4 is 5.82 Å². The second-order valence-electron chi connectivity index (χ2n) is 8.44. The Bertz CT molecular complexity index is 1110. The number of hydrogen-bond donors (Lipinski definition) is 2. The third-order valence-electron chi connectivity index (χ3n) is 6.57. The second kappa shape index (κ2) is 7.51. The largest absolute Gasteiger partial charge is 0.573 e. The highest BCUT2D eigenvalue weighted by atomic mass is 19.4. The van der Waals surface area contributed by atoms with Crippen LogP contribution in [0.4, 0.5) is 19.0 Å². The van der Waals surface area contributed by atoms with Crippen LogP contribution in [-0.2, 0) is 12.0 Å². The summed E-state index contributed by atoms with van der Waals surface area (Å²) in [6, 6.07) is 3.43. The number of rotatable bonds is 5. The molecule has 5 heterocycles. The monoisotopic (exact) mass is 447 g/mol. The van der Waals surface area contributed by atoms with E-state index in [1.54, 1.807) is 6.20 Å². The van der Waals surface area contributed by atoms with Gasteiger partial charge in [-0.1, -0.05) is 6.92 Å². The molecule has 0 unspecified atom stereocenters. The number of imidazole rings is 1. The lowest BCUT2D eigenvalue weighted by Crippen LogP contribution is -2.32. The van der Waals surface area contributed by atoms with Crippen molar-refractivity contribution in [2.75, 3.05) is 18.8 Å². The predicted octanol–water partition coefficient (Wildman–Crippen LogP) is 3.65. The van der Waals surface area contributed by atoms with Crippen LogP contribution in [0.1, 0.15) is 43.7 Å². The van der Waals surface area contributed by atoms with Gasteiger partial charge in [-0.25, -0.2) is 9.97 Å². The van der Waals surface area contributed by atoms with E-state index in [1.165, 1.54) is 12.3 Å². The van der Waals surface area contributed by atoms with Crippen molar-refractivity contribution in [2.24, 2.45) is 0 Å². The van der Waals surface area contributed by atoms with Crippen LogP contribution in [0.15, 0.2) is 30.7 Å². The van der Waals surface area contributed by atoms with E-state index in [0.29, 0.717) is 11.3 Å². The van der Waals surface area contributed by atoms with Crippen LogP contribution in [0.2, 0.25) is 0 Å². The summed E-state index contributed by atoms with van der Waals surface area (Å²) >= 11 is 0. The van der Waals surface area contributed by atoms with Crippen molar-refractivity contribution in [3.05, 3.63) is 42.2 Å². The van der Waals surface area contributed by atoms with Crippen LogP contribution in [0.5, 0.6) is 5.75 Å². The van der Waals surface area contributed by atoms with E-state index in [4.69, 9.17) is 5.73 Å². The lowest BCUT2D eigenvalue weighted by molar-refractivity contribution is -0.274. The van der Waals surface area contributed by atoms with Gasteiger partial charge in [-0.2, -0.15) is 5.10 Å². The minimum absolute atomic E-state index is 0.0300. The summed E-state index contributed by atoms with van der Waals surface area (Å²) in [5, 5.41) is 4.65. The summed E-state index contributed by atoms with van der Waals surface area (Å²) in [7, 11) is 0. The normalized spacial score (nSPS) is 21.9. The molecule has 0 amide bonds. The number of nitrogen functional groups attached to an aromatic ring is 1. The molecule has 2 aliphatic rings. The molecule has 0 saturated carbocycles. The van der Waals surface area contributed by atoms with Crippen molar-refractivity contribution in [3.63, 3.8) is 0 Å². The van der Waals surface area contributed by atoms with Gasteiger partial charge in [0.25, 0.3) is 0 Å². The first-order chi connectivity index (χ1) is 15.3. The number of nitrogens with zero attached hydrogens (tertiary/aromatic N) is 5. The fourth-order valence-electron chi connectivity index (χ4n) is 5.07. The Labute approximate surface area is 182 Å². The van der Waals surface area contributed by atoms with E-state index in [-0.39, 0.29) is 17.3 Å². The van der Waals surface area contributed by atoms with E-state index < -0.39 is 12.1 Å². The molecule has 0 aliphatic carbocycles. The molecular formula is C21H24F3N7O. The van der Waals surface area contributed by atoms with Crippen LogP contribution in [0.3, 0.4) is 0 Å². The number of nitrogens with two attached hydrogens (primary N) is 1. The van der Waals surface area contributed by atoms with Gasteiger partial charge in [-0.15, -0.1) is 13.2 Å². The number of anilines is 1. The molecule has 5 rings (SSSR count). The van der Waals surface area contributed by atoms with Crippen LogP contribution in [0.25, 0.3) is 11.3 Å². The third-order valence-corrected chi connectivity index (χ3v) is 6.57. The Kier molecular flexibility index (Phi) is 4.88. The topological polar surface area (TPSA) is 97.9 Å². The van der Waals surface area contributed by atoms with Gasteiger partial charge in [0.2, 0.25) is 0 Å². The first-order valence-electron chi connectivity index (χ1n) is 10.6. The molecule has 1 fully saturated rings. The molecule has 2 aliphatic heterocycles. The number of nitrogens with one attached hydrogen (secondary N) is 1. The van der Waals surface area contributed by atoms with Crippen molar-refractivity contribution in [1.29, 1.82) is 0 Å². The first-order valence-corrected chi connectivity index (χ1v) is 10.6. The summed E-state index contributed by atoms with van der Waals surface area (Å²) in [4.78, 5) is 14.0. The molecule has 0 aromatic carbocycles. The standard InChI is InChI=1S/C21H24F3N7O/c1-2-15(19-26-5-6-27-19)30-7-3-20(12-30)4-8-31-17(20)10-14(29-31)13-9-16(18(25)28-11-13)32-21(22,23)24/h5-6,9-11,15H,2-4,7-8,12H2,1H3,(H2,25,28)(H,26,27)/t15-,20+/m0/s1. The number of aryl methyl sites for hydroxylation is 1. The maximum absolute atomic E-state index is 12.7. The maximum atomic E-state index is 12.7. The van der Waals surface area contributed by atoms with Crippen LogP contribution in [-0.4, -0.2) is 49.1 Å². The van der Waals surface area contributed by atoms with E-state index in [1.807, 2.05) is 16.9 Å². The number of ether oxygens (including phenoxy) is 1. The molecule has 170 valence electrons. The average molecular weight is 447 g/mol. The second-order valence-corrected chi connectivity index (χ2v) is 8.44. The highest BCUT2D eigenvalue weighted by molar-refractivity contribution is 5.64. The number of H-pyrrole nitrogens is 1. The Morgan fingerprint density at radius 1 is 1.25 bits per heavy atom. The fraction of sp³-hybridized carbons (Fsp3) is 0.476. The fourth-order valence-corrected chi connectivity index (χ4v) is 5.07. The number of alkyl halides is 3. The summed E-state index contributed by atoms with van der Waals surface area (Å²) in [5.41, 5.74) is 7.65. The Morgan fingerprint density at radius 2 is 2.06 bits per heavy atom. The van der Waals surface area contributed by atoms with Crippen LogP contribution >= 0.6 is 0 Å². The van der Waals surface area contributed by atoms with Gasteiger partial charge in [-0.3, -0.25) is 9.58 Å². The zero-order chi connectivity index (χ0) is 22.5. The van der Waals surface area contributed by atoms with Crippen molar-refractivity contribution in [2.45, 2.75) is 50.6 Å². The summed E-state index contributed by atoms with van der Waals surface area (Å²) in [6.45, 7) is 4.77. The van der Waals surface area contributed by atoms with Gasteiger partial charge in [0.15, 0.2) is 11.6 Å². The van der Waals surface area contributed by atoms with Gasteiger partial charge in [0.1, 0.15) is 5.82 Å². The number of halogens is 3. The lowest BCUT2D eigenvalue weighted by Gasteiger charge is -2.28. The predicted molar refractivity (Wildman–Crippen MR) is 111 cm³/mol. The van der Waals surface area contributed by atoms with E-state index in [0.717, 1.165) is 50.4 Å². The average Bonchev–Trinajstić information content (AvgIpc) is 3.51. The lowest BCUT2D eigenvalue weighted by atomic mass is 9.82. The zero-order valence-corrected chi connectivity index (χ0v) is 17.6. The van der Waals surface area contributed by atoms with Gasteiger partial charge >= 0.3 is 6.36 Å². The van der Waals surface area contributed by atoms with E-state index >= 15 is 0 Å². The van der Waals surface area contributed by atoms with Crippen molar-refractivity contribution in [3.8, 4) is 17.0 Å². The van der Waals surface area contributed by atoms with Crippen molar-refractivity contribution in [1.82, 2.24) is 29.6 Å². The van der Waals surface area contributed by atoms with Gasteiger partial charge < -0.3 is 15.5 Å². The SMILES string of the molecule is CC[C@@H](c1ncc[nH]1)N1CC[C@@]2(CCn3nc(-c4cnc(N)c(OC(F)(F)F)c4)cc32)C1. The third kappa shape index (κ3) is 3.60. The minimum Gasteiger partial charge on any atom is -0.402 e. The summed E-state index contributed by atoms with van der Waals surface area (Å²) in [5.74, 6) is 0.139. The van der Waals surface area contributed by atoms with Gasteiger partial charge in [0, 0.05) is 48.4 Å².